The maximum absolute atomic E-state index is 12.7. The van der Waals surface area contributed by atoms with Gasteiger partial charge >= 0.3 is 0 Å². The molecule has 1 aliphatic heterocycles. The molecule has 108 valence electrons. The number of anilines is 2. The molecule has 0 unspecified atom stereocenters. The smallest absolute Gasteiger partial charge is 0.242 e. The third-order valence-electron chi connectivity index (χ3n) is 3.80. The Morgan fingerprint density at radius 2 is 1.85 bits per heavy atom. The van der Waals surface area contributed by atoms with Gasteiger partial charge in [-0.15, -0.1) is 11.6 Å². The molecule has 0 saturated carbocycles. The first-order chi connectivity index (χ1) is 9.36. The van der Waals surface area contributed by atoms with Gasteiger partial charge in [0, 0.05) is 19.5 Å². The zero-order chi connectivity index (χ0) is 15.1. The lowest BCUT2D eigenvalue weighted by atomic mass is 9.90. The van der Waals surface area contributed by atoms with E-state index in [9.17, 15) is 9.59 Å². The van der Waals surface area contributed by atoms with Gasteiger partial charge in [0.05, 0.1) is 11.4 Å². The Bertz CT molecular complexity index is 569. The summed E-state index contributed by atoms with van der Waals surface area (Å²) >= 11 is 5.99. The lowest BCUT2D eigenvalue weighted by Crippen LogP contribution is -2.47. The number of fused-ring (bicyclic) bond motifs is 1. The Hall–Kier alpha value is -1.55. The minimum atomic E-state index is -1.08. The van der Waals surface area contributed by atoms with Crippen molar-refractivity contribution in [1.29, 1.82) is 0 Å². The van der Waals surface area contributed by atoms with E-state index >= 15 is 0 Å². The molecule has 0 radical (unpaired) electrons. The van der Waals surface area contributed by atoms with Crippen molar-refractivity contribution in [3.05, 3.63) is 23.8 Å². The summed E-state index contributed by atoms with van der Waals surface area (Å²) in [7, 11) is 1.70. The molecule has 1 heterocycles. The predicted molar refractivity (Wildman–Crippen MR) is 81.2 cm³/mol. The van der Waals surface area contributed by atoms with Gasteiger partial charge in [0.25, 0.3) is 0 Å². The fraction of sp³-hybridized carbons (Fsp3) is 0.467. The SMILES string of the molecule is CCN1C(=O)C(C)(C)C(=O)N(C)c2c(CCl)cccc21. The highest BCUT2D eigenvalue weighted by Crippen LogP contribution is 2.40. The van der Waals surface area contributed by atoms with Crippen molar-refractivity contribution < 1.29 is 9.59 Å². The molecule has 0 spiro atoms. The van der Waals surface area contributed by atoms with E-state index in [-0.39, 0.29) is 11.8 Å². The Morgan fingerprint density at radius 1 is 1.20 bits per heavy atom. The second kappa shape index (κ2) is 5.09. The molecule has 1 aliphatic rings. The number of carbonyl (C=O) groups excluding carboxylic acids is 2. The Kier molecular flexibility index (Phi) is 3.78. The van der Waals surface area contributed by atoms with Gasteiger partial charge in [-0.3, -0.25) is 9.59 Å². The van der Waals surface area contributed by atoms with Crippen LogP contribution < -0.4 is 9.80 Å². The quantitative estimate of drug-likeness (QED) is 0.621. The summed E-state index contributed by atoms with van der Waals surface area (Å²) < 4.78 is 0. The van der Waals surface area contributed by atoms with Crippen molar-refractivity contribution in [1.82, 2.24) is 0 Å². The van der Waals surface area contributed by atoms with Crippen LogP contribution >= 0.6 is 11.6 Å². The maximum atomic E-state index is 12.7. The van der Waals surface area contributed by atoms with Crippen molar-refractivity contribution in [2.45, 2.75) is 26.7 Å². The first-order valence-electron chi connectivity index (χ1n) is 6.64. The number of rotatable bonds is 2. The summed E-state index contributed by atoms with van der Waals surface area (Å²) in [6.07, 6.45) is 0. The van der Waals surface area contributed by atoms with Crippen LogP contribution in [0.4, 0.5) is 11.4 Å². The van der Waals surface area contributed by atoms with E-state index in [1.807, 2.05) is 25.1 Å². The van der Waals surface area contributed by atoms with Gasteiger partial charge in [-0.1, -0.05) is 12.1 Å². The number of alkyl halides is 1. The lowest BCUT2D eigenvalue weighted by Gasteiger charge is -2.27. The molecule has 2 amide bonds. The van der Waals surface area contributed by atoms with E-state index in [4.69, 9.17) is 11.6 Å². The molecule has 0 fully saturated rings. The standard InChI is InChI=1S/C15H19ClN2O2/c1-5-18-11-8-6-7-10(9-16)12(11)17(4)13(19)15(2,3)14(18)20/h6-8H,5,9H2,1-4H3. The molecule has 0 aliphatic carbocycles. The van der Waals surface area contributed by atoms with Crippen molar-refractivity contribution in [2.75, 3.05) is 23.4 Å². The maximum Gasteiger partial charge on any atom is 0.242 e. The first-order valence-corrected chi connectivity index (χ1v) is 7.17. The van der Waals surface area contributed by atoms with Gasteiger partial charge in [-0.05, 0) is 32.4 Å². The average Bonchev–Trinajstić information content (AvgIpc) is 2.49. The van der Waals surface area contributed by atoms with Crippen LogP contribution in [0, 0.1) is 5.41 Å². The van der Waals surface area contributed by atoms with E-state index < -0.39 is 5.41 Å². The average molecular weight is 295 g/mol. The zero-order valence-corrected chi connectivity index (χ0v) is 13.0. The molecule has 4 nitrogen and oxygen atoms in total. The second-order valence-corrected chi connectivity index (χ2v) is 5.72. The molecule has 0 aromatic heterocycles. The number of hydrogen-bond donors (Lipinski definition) is 0. The molecular formula is C15H19ClN2O2. The van der Waals surface area contributed by atoms with Crippen LogP contribution in [-0.4, -0.2) is 25.4 Å². The largest absolute Gasteiger partial charge is 0.312 e. The fourth-order valence-corrected chi connectivity index (χ4v) is 2.88. The number of nitrogens with zero attached hydrogens (tertiary/aromatic N) is 2. The molecule has 0 saturated heterocycles. The number of hydrogen-bond acceptors (Lipinski definition) is 2. The highest BCUT2D eigenvalue weighted by atomic mass is 35.5. The highest BCUT2D eigenvalue weighted by Gasteiger charge is 2.45. The van der Waals surface area contributed by atoms with Crippen molar-refractivity contribution in [3.8, 4) is 0 Å². The molecular weight excluding hydrogens is 276 g/mol. The second-order valence-electron chi connectivity index (χ2n) is 5.46. The topological polar surface area (TPSA) is 40.6 Å². The molecule has 0 N–H and O–H groups in total. The number of para-hydroxylation sites is 1. The lowest BCUT2D eigenvalue weighted by molar-refractivity contribution is -0.137. The monoisotopic (exact) mass is 294 g/mol. The number of carbonyl (C=O) groups is 2. The summed E-state index contributed by atoms with van der Waals surface area (Å²) in [5, 5.41) is 0. The Morgan fingerprint density at radius 3 is 2.40 bits per heavy atom. The highest BCUT2D eigenvalue weighted by molar-refractivity contribution is 6.22. The van der Waals surface area contributed by atoms with Crippen LogP contribution in [0.2, 0.25) is 0 Å². The molecule has 1 aromatic carbocycles. The van der Waals surface area contributed by atoms with Gasteiger partial charge in [-0.2, -0.15) is 0 Å². The number of amides is 2. The normalized spacial score (nSPS) is 18.1. The van der Waals surface area contributed by atoms with Crippen LogP contribution in [0.15, 0.2) is 18.2 Å². The van der Waals surface area contributed by atoms with E-state index in [1.165, 1.54) is 0 Å². The fourth-order valence-electron chi connectivity index (χ4n) is 2.66. The third-order valence-corrected chi connectivity index (χ3v) is 4.09. The van der Waals surface area contributed by atoms with Gasteiger partial charge < -0.3 is 9.80 Å². The number of halogens is 1. The molecule has 1 aromatic rings. The van der Waals surface area contributed by atoms with Gasteiger partial charge in [0.1, 0.15) is 5.41 Å². The molecule has 2 rings (SSSR count). The summed E-state index contributed by atoms with van der Waals surface area (Å²) in [4.78, 5) is 28.5. The van der Waals surface area contributed by atoms with Crippen molar-refractivity contribution in [3.63, 3.8) is 0 Å². The Labute approximate surface area is 124 Å². The molecule has 5 heteroatoms. The first kappa shape index (κ1) is 14.9. The molecule has 0 bridgehead atoms. The Balaban J connectivity index is 2.76. The summed E-state index contributed by atoms with van der Waals surface area (Å²) in [6, 6.07) is 5.60. The van der Waals surface area contributed by atoms with Gasteiger partial charge in [-0.25, -0.2) is 0 Å². The summed E-state index contributed by atoms with van der Waals surface area (Å²) in [5.41, 5.74) is 1.25. The zero-order valence-electron chi connectivity index (χ0n) is 12.2. The predicted octanol–water partition coefficient (Wildman–Crippen LogP) is 2.78. The van der Waals surface area contributed by atoms with Crippen LogP contribution in [0.3, 0.4) is 0 Å². The summed E-state index contributed by atoms with van der Waals surface area (Å²) in [6.45, 7) is 5.76. The van der Waals surface area contributed by atoms with E-state index in [0.29, 0.717) is 12.4 Å². The summed E-state index contributed by atoms with van der Waals surface area (Å²) in [5.74, 6) is -0.0907. The molecule has 0 atom stereocenters. The van der Waals surface area contributed by atoms with Crippen LogP contribution in [-0.2, 0) is 15.5 Å². The minimum Gasteiger partial charge on any atom is -0.312 e. The number of benzene rings is 1. The van der Waals surface area contributed by atoms with Crippen LogP contribution in [0.1, 0.15) is 26.3 Å². The van der Waals surface area contributed by atoms with E-state index in [0.717, 1.165) is 16.9 Å². The van der Waals surface area contributed by atoms with Gasteiger partial charge in [0.15, 0.2) is 0 Å². The van der Waals surface area contributed by atoms with E-state index in [1.54, 1.807) is 30.7 Å². The molecule has 20 heavy (non-hydrogen) atoms. The van der Waals surface area contributed by atoms with Crippen LogP contribution in [0.25, 0.3) is 0 Å². The van der Waals surface area contributed by atoms with Crippen molar-refractivity contribution >= 4 is 34.8 Å². The van der Waals surface area contributed by atoms with E-state index in [2.05, 4.69) is 0 Å². The third kappa shape index (κ3) is 1.99. The minimum absolute atomic E-state index is 0.178. The van der Waals surface area contributed by atoms with Gasteiger partial charge in [0.2, 0.25) is 11.8 Å². The van der Waals surface area contributed by atoms with Crippen molar-refractivity contribution in [2.24, 2.45) is 5.41 Å². The van der Waals surface area contributed by atoms with Crippen LogP contribution in [0.5, 0.6) is 0 Å².